The highest BCUT2D eigenvalue weighted by Crippen LogP contribution is 2.27. The lowest BCUT2D eigenvalue weighted by Crippen LogP contribution is -2.48. The van der Waals surface area contributed by atoms with Gasteiger partial charge in [0.1, 0.15) is 0 Å². The number of carboxylic acids is 1. The summed E-state index contributed by atoms with van der Waals surface area (Å²) < 4.78 is 0. The molecule has 0 radical (unpaired) electrons. The van der Waals surface area contributed by atoms with Crippen molar-refractivity contribution < 1.29 is 19.8 Å². The maximum absolute atomic E-state index is 12.4. The molecule has 2 heterocycles. The summed E-state index contributed by atoms with van der Waals surface area (Å²) in [6.07, 6.45) is 2.33. The molecule has 2 fully saturated rings. The first kappa shape index (κ1) is 15.1. The Balaban J connectivity index is 1.89. The highest BCUT2D eigenvalue weighted by molar-refractivity contribution is 5.75. The number of β-amino-alcohol motifs (C(OH)–C–C–N with tert-alkyl or cyclic N) is 1. The van der Waals surface area contributed by atoms with Crippen LogP contribution in [-0.4, -0.2) is 64.3 Å². The molecule has 0 bridgehead atoms. The third kappa shape index (κ3) is 3.62. The number of hydrogen-bond acceptors (Lipinski definition) is 3. The molecule has 114 valence electrons. The zero-order valence-corrected chi connectivity index (χ0v) is 12.0. The molecule has 0 spiro atoms. The van der Waals surface area contributed by atoms with Crippen LogP contribution in [0.5, 0.6) is 0 Å². The Kier molecular flexibility index (Phi) is 4.86. The van der Waals surface area contributed by atoms with Gasteiger partial charge in [-0.05, 0) is 31.1 Å². The van der Waals surface area contributed by atoms with Gasteiger partial charge in [0.25, 0.3) is 0 Å². The molecule has 0 aromatic carbocycles. The first-order valence-corrected chi connectivity index (χ1v) is 7.41. The minimum atomic E-state index is -0.774. The zero-order valence-electron chi connectivity index (χ0n) is 12.0. The van der Waals surface area contributed by atoms with Crippen LogP contribution in [-0.2, 0) is 4.79 Å². The van der Waals surface area contributed by atoms with Crippen molar-refractivity contribution in [2.75, 3.05) is 26.2 Å². The number of piperidine rings is 1. The molecule has 2 amide bonds. The second kappa shape index (κ2) is 6.43. The van der Waals surface area contributed by atoms with Gasteiger partial charge in [-0.3, -0.25) is 4.79 Å². The lowest BCUT2D eigenvalue weighted by molar-refractivity contribution is -0.138. The van der Waals surface area contributed by atoms with Crippen molar-refractivity contribution >= 4 is 12.0 Å². The van der Waals surface area contributed by atoms with Crippen LogP contribution in [0.3, 0.4) is 0 Å². The van der Waals surface area contributed by atoms with Crippen LogP contribution in [0.4, 0.5) is 4.79 Å². The quantitative estimate of drug-likeness (QED) is 0.810. The van der Waals surface area contributed by atoms with Crippen LogP contribution in [0.2, 0.25) is 0 Å². The van der Waals surface area contributed by atoms with Crippen LogP contribution < -0.4 is 0 Å². The van der Waals surface area contributed by atoms with Crippen LogP contribution in [0, 0.1) is 11.8 Å². The van der Waals surface area contributed by atoms with E-state index in [-0.39, 0.29) is 24.3 Å². The van der Waals surface area contributed by atoms with E-state index >= 15 is 0 Å². The van der Waals surface area contributed by atoms with Crippen LogP contribution >= 0.6 is 0 Å². The van der Waals surface area contributed by atoms with Crippen molar-refractivity contribution in [2.45, 2.75) is 38.7 Å². The fraction of sp³-hybridized carbons (Fsp3) is 0.857. The van der Waals surface area contributed by atoms with Crippen molar-refractivity contribution in [3.63, 3.8) is 0 Å². The maximum Gasteiger partial charge on any atom is 0.320 e. The van der Waals surface area contributed by atoms with Gasteiger partial charge in [0, 0.05) is 32.6 Å². The molecule has 0 saturated carbocycles. The number of nitrogens with zero attached hydrogens (tertiary/aromatic N) is 2. The molecule has 6 heteroatoms. The minimum absolute atomic E-state index is 0.00576. The summed E-state index contributed by atoms with van der Waals surface area (Å²) in [7, 11) is 0. The number of aliphatic hydroxyl groups is 1. The molecule has 2 aliphatic rings. The number of hydrogen-bond donors (Lipinski definition) is 2. The van der Waals surface area contributed by atoms with Crippen molar-refractivity contribution in [3.8, 4) is 0 Å². The molecular weight excluding hydrogens is 260 g/mol. The van der Waals surface area contributed by atoms with E-state index in [4.69, 9.17) is 5.11 Å². The van der Waals surface area contributed by atoms with E-state index in [1.807, 2.05) is 11.8 Å². The minimum Gasteiger partial charge on any atom is -0.481 e. The van der Waals surface area contributed by atoms with Gasteiger partial charge in [0.2, 0.25) is 0 Å². The summed E-state index contributed by atoms with van der Waals surface area (Å²) >= 11 is 0. The average Bonchev–Trinajstić information content (AvgIpc) is 2.84. The number of aliphatic carboxylic acids is 1. The van der Waals surface area contributed by atoms with Gasteiger partial charge in [-0.15, -0.1) is 0 Å². The van der Waals surface area contributed by atoms with E-state index in [0.717, 1.165) is 19.4 Å². The molecule has 2 aliphatic heterocycles. The Labute approximate surface area is 119 Å². The van der Waals surface area contributed by atoms with Crippen LogP contribution in [0.25, 0.3) is 0 Å². The highest BCUT2D eigenvalue weighted by Gasteiger charge is 2.32. The van der Waals surface area contributed by atoms with E-state index < -0.39 is 12.1 Å². The standard InChI is InChI=1S/C14H24N2O4/c1-10(7-13(18)19)11-3-2-5-15(8-11)14(20)16-6-4-12(17)9-16/h10-12,17H,2-9H2,1H3,(H,18,19). The average molecular weight is 284 g/mol. The largest absolute Gasteiger partial charge is 0.481 e. The number of likely N-dealkylation sites (tertiary alicyclic amines) is 2. The van der Waals surface area contributed by atoms with E-state index in [2.05, 4.69) is 0 Å². The van der Waals surface area contributed by atoms with E-state index in [1.165, 1.54) is 0 Å². The zero-order chi connectivity index (χ0) is 14.7. The third-order valence-corrected chi connectivity index (χ3v) is 4.46. The molecule has 0 aliphatic carbocycles. The van der Waals surface area contributed by atoms with Gasteiger partial charge in [0.15, 0.2) is 0 Å². The normalized spacial score (nSPS) is 28.5. The second-order valence-electron chi connectivity index (χ2n) is 6.09. The van der Waals surface area contributed by atoms with Crippen molar-refractivity contribution in [2.24, 2.45) is 11.8 Å². The lowest BCUT2D eigenvalue weighted by Gasteiger charge is -2.37. The fourth-order valence-electron chi connectivity index (χ4n) is 3.21. The molecule has 2 saturated heterocycles. The number of carbonyl (C=O) groups is 2. The molecule has 6 nitrogen and oxygen atoms in total. The number of urea groups is 1. The summed E-state index contributed by atoms with van der Waals surface area (Å²) in [5.74, 6) is -0.424. The number of amides is 2. The monoisotopic (exact) mass is 284 g/mol. The Morgan fingerprint density at radius 2 is 1.90 bits per heavy atom. The topological polar surface area (TPSA) is 81.1 Å². The number of aliphatic hydroxyl groups excluding tert-OH is 1. The lowest BCUT2D eigenvalue weighted by atomic mass is 9.85. The molecule has 3 atom stereocenters. The molecule has 2 N–H and O–H groups in total. The van der Waals surface area contributed by atoms with Gasteiger partial charge < -0.3 is 20.0 Å². The number of rotatable bonds is 3. The summed E-state index contributed by atoms with van der Waals surface area (Å²) in [6.45, 7) is 4.37. The molecule has 0 aromatic heterocycles. The summed E-state index contributed by atoms with van der Waals surface area (Å²) in [4.78, 5) is 26.7. The van der Waals surface area contributed by atoms with Crippen LogP contribution in [0.15, 0.2) is 0 Å². The van der Waals surface area contributed by atoms with Crippen molar-refractivity contribution in [1.29, 1.82) is 0 Å². The van der Waals surface area contributed by atoms with Gasteiger partial charge in [-0.2, -0.15) is 0 Å². The number of carbonyl (C=O) groups excluding carboxylic acids is 1. The van der Waals surface area contributed by atoms with E-state index in [0.29, 0.717) is 26.1 Å². The van der Waals surface area contributed by atoms with E-state index in [1.54, 1.807) is 4.90 Å². The molecular formula is C14H24N2O4. The molecule has 0 aromatic rings. The summed E-state index contributed by atoms with van der Waals surface area (Å²) in [5.41, 5.74) is 0. The molecule has 2 rings (SSSR count). The van der Waals surface area contributed by atoms with Gasteiger partial charge in [-0.1, -0.05) is 6.92 Å². The first-order chi connectivity index (χ1) is 9.47. The van der Waals surface area contributed by atoms with Crippen molar-refractivity contribution in [3.05, 3.63) is 0 Å². The molecule has 20 heavy (non-hydrogen) atoms. The first-order valence-electron chi connectivity index (χ1n) is 7.41. The van der Waals surface area contributed by atoms with E-state index in [9.17, 15) is 14.7 Å². The second-order valence-corrected chi connectivity index (χ2v) is 6.09. The third-order valence-electron chi connectivity index (χ3n) is 4.46. The van der Waals surface area contributed by atoms with Crippen LogP contribution in [0.1, 0.15) is 32.6 Å². The van der Waals surface area contributed by atoms with Gasteiger partial charge in [0.05, 0.1) is 6.10 Å². The predicted molar refractivity (Wildman–Crippen MR) is 73.3 cm³/mol. The molecule has 3 unspecified atom stereocenters. The van der Waals surface area contributed by atoms with Gasteiger partial charge in [-0.25, -0.2) is 4.79 Å². The van der Waals surface area contributed by atoms with Crippen molar-refractivity contribution in [1.82, 2.24) is 9.80 Å². The Morgan fingerprint density at radius 3 is 2.50 bits per heavy atom. The fourth-order valence-corrected chi connectivity index (χ4v) is 3.21. The smallest absolute Gasteiger partial charge is 0.320 e. The Morgan fingerprint density at radius 1 is 1.20 bits per heavy atom. The predicted octanol–water partition coefficient (Wildman–Crippen LogP) is 0.996. The van der Waals surface area contributed by atoms with Gasteiger partial charge >= 0.3 is 12.0 Å². The SMILES string of the molecule is CC(CC(=O)O)C1CCCN(C(=O)N2CCC(O)C2)C1. The Bertz CT molecular complexity index is 374. The highest BCUT2D eigenvalue weighted by atomic mass is 16.4. The summed E-state index contributed by atoms with van der Waals surface area (Å²) in [6, 6.07) is -0.00576. The summed E-state index contributed by atoms with van der Waals surface area (Å²) in [5, 5.41) is 18.4. The Hall–Kier alpha value is -1.30. The number of carboxylic acid groups (broad SMARTS) is 1. The maximum atomic E-state index is 12.4.